The van der Waals surface area contributed by atoms with Crippen LogP contribution >= 0.6 is 23.2 Å². The van der Waals surface area contributed by atoms with Crippen LogP contribution in [0.3, 0.4) is 0 Å². The van der Waals surface area contributed by atoms with E-state index in [0.717, 1.165) is 0 Å². The quantitative estimate of drug-likeness (QED) is 0.819. The number of benzene rings is 1. The van der Waals surface area contributed by atoms with Crippen LogP contribution < -0.4 is 10.5 Å². The van der Waals surface area contributed by atoms with Gasteiger partial charge in [0.15, 0.2) is 5.75 Å². The van der Waals surface area contributed by atoms with Crippen molar-refractivity contribution in [3.8, 4) is 5.75 Å². The highest BCUT2D eigenvalue weighted by atomic mass is 35.5. The average molecular weight is 237 g/mol. The summed E-state index contributed by atoms with van der Waals surface area (Å²) in [5.74, 6) is 0.406. The fourth-order valence-electron chi connectivity index (χ4n) is 0.883. The topological polar surface area (TPSA) is 57.1 Å². The zero-order valence-electron chi connectivity index (χ0n) is 7.54. The van der Waals surface area contributed by atoms with Gasteiger partial charge in [0.1, 0.15) is 19.3 Å². The number of quaternary nitrogens is 1. The van der Waals surface area contributed by atoms with E-state index in [1.54, 1.807) is 18.2 Å². The van der Waals surface area contributed by atoms with E-state index >= 15 is 0 Å². The van der Waals surface area contributed by atoms with Crippen LogP contribution in [-0.2, 0) is 0 Å². The lowest BCUT2D eigenvalue weighted by molar-refractivity contribution is -0.384. The summed E-state index contributed by atoms with van der Waals surface area (Å²) in [4.78, 5) is 0. The predicted molar refractivity (Wildman–Crippen MR) is 55.7 cm³/mol. The zero-order chi connectivity index (χ0) is 10.6. The molecule has 4 N–H and O–H groups in total. The fraction of sp³-hybridized carbons (Fsp3) is 0.333. The van der Waals surface area contributed by atoms with Crippen LogP contribution in [0.5, 0.6) is 5.75 Å². The molecule has 0 aliphatic rings. The van der Waals surface area contributed by atoms with Crippen molar-refractivity contribution in [2.75, 3.05) is 13.2 Å². The van der Waals surface area contributed by atoms with Crippen molar-refractivity contribution in [1.82, 2.24) is 0 Å². The zero-order valence-corrected chi connectivity index (χ0v) is 9.05. The molecule has 0 saturated heterocycles. The molecule has 0 spiro atoms. The van der Waals surface area contributed by atoms with Crippen LogP contribution in [0, 0.1) is 0 Å². The first-order valence-corrected chi connectivity index (χ1v) is 4.95. The van der Waals surface area contributed by atoms with Gasteiger partial charge in [0, 0.05) is 0 Å². The van der Waals surface area contributed by atoms with Crippen LogP contribution in [-0.4, -0.2) is 24.4 Å². The molecule has 0 fully saturated rings. The van der Waals surface area contributed by atoms with E-state index in [0.29, 0.717) is 22.3 Å². The molecule has 0 aromatic heterocycles. The van der Waals surface area contributed by atoms with Crippen molar-refractivity contribution in [1.29, 1.82) is 0 Å². The Labute approximate surface area is 92.4 Å². The van der Waals surface area contributed by atoms with Gasteiger partial charge >= 0.3 is 0 Å². The molecule has 0 amide bonds. The Hall–Kier alpha value is -0.480. The highest BCUT2D eigenvalue weighted by Crippen LogP contribution is 2.32. The monoisotopic (exact) mass is 236 g/mol. The van der Waals surface area contributed by atoms with Crippen LogP contribution in [0.2, 0.25) is 10.0 Å². The molecule has 3 nitrogen and oxygen atoms in total. The molecular formula is C9H12Cl2NO2+. The summed E-state index contributed by atoms with van der Waals surface area (Å²) >= 11 is 11.7. The Bertz CT molecular complexity index is 287. The van der Waals surface area contributed by atoms with E-state index in [-0.39, 0.29) is 6.61 Å². The molecular weight excluding hydrogens is 225 g/mol. The maximum atomic E-state index is 9.23. The van der Waals surface area contributed by atoms with Gasteiger partial charge in [0.2, 0.25) is 0 Å². The van der Waals surface area contributed by atoms with Gasteiger partial charge in [-0.15, -0.1) is 0 Å². The molecule has 0 bridgehead atoms. The van der Waals surface area contributed by atoms with Crippen molar-refractivity contribution in [2.24, 2.45) is 0 Å². The Balaban J connectivity index is 2.66. The van der Waals surface area contributed by atoms with E-state index < -0.39 is 6.10 Å². The average Bonchev–Trinajstić information content (AvgIpc) is 2.16. The number of rotatable bonds is 4. The number of hydrogen-bond donors (Lipinski definition) is 2. The first kappa shape index (κ1) is 11.6. The molecule has 78 valence electrons. The van der Waals surface area contributed by atoms with Crippen molar-refractivity contribution >= 4 is 23.2 Å². The van der Waals surface area contributed by atoms with Crippen LogP contribution in [0.4, 0.5) is 0 Å². The molecule has 14 heavy (non-hydrogen) atoms. The van der Waals surface area contributed by atoms with E-state index in [9.17, 15) is 5.11 Å². The molecule has 0 saturated carbocycles. The maximum Gasteiger partial charge on any atom is 0.156 e. The van der Waals surface area contributed by atoms with Crippen molar-refractivity contribution in [3.05, 3.63) is 28.2 Å². The molecule has 5 heteroatoms. The molecule has 1 rings (SSSR count). The van der Waals surface area contributed by atoms with Crippen molar-refractivity contribution in [2.45, 2.75) is 6.10 Å². The number of ether oxygens (including phenoxy) is 1. The van der Waals surface area contributed by atoms with Gasteiger partial charge in [0.05, 0.1) is 10.0 Å². The molecule has 1 aromatic rings. The van der Waals surface area contributed by atoms with Gasteiger partial charge in [-0.2, -0.15) is 0 Å². The van der Waals surface area contributed by atoms with E-state index in [2.05, 4.69) is 5.73 Å². The van der Waals surface area contributed by atoms with Crippen molar-refractivity contribution < 1.29 is 15.6 Å². The Morgan fingerprint density at radius 1 is 1.36 bits per heavy atom. The van der Waals surface area contributed by atoms with Gasteiger partial charge < -0.3 is 15.6 Å². The fourth-order valence-corrected chi connectivity index (χ4v) is 1.39. The van der Waals surface area contributed by atoms with Crippen LogP contribution in [0.15, 0.2) is 18.2 Å². The molecule has 0 unspecified atom stereocenters. The number of para-hydroxylation sites is 1. The molecule has 0 aliphatic carbocycles. The smallest absolute Gasteiger partial charge is 0.156 e. The number of hydrogen-bond acceptors (Lipinski definition) is 2. The molecule has 0 aliphatic heterocycles. The first-order chi connectivity index (χ1) is 6.65. The minimum absolute atomic E-state index is 0.146. The summed E-state index contributed by atoms with van der Waals surface area (Å²) in [5.41, 5.74) is 3.55. The Kier molecular flexibility index (Phi) is 4.48. The summed E-state index contributed by atoms with van der Waals surface area (Å²) in [7, 11) is 0. The third-order valence-electron chi connectivity index (χ3n) is 1.67. The van der Waals surface area contributed by atoms with Gasteiger partial charge in [0.25, 0.3) is 0 Å². The molecule has 0 heterocycles. The number of aliphatic hydroxyl groups excluding tert-OH is 1. The van der Waals surface area contributed by atoms with Crippen LogP contribution in [0.1, 0.15) is 0 Å². The second-order valence-electron chi connectivity index (χ2n) is 2.80. The van der Waals surface area contributed by atoms with Gasteiger partial charge in [-0.25, -0.2) is 0 Å². The molecule has 0 radical (unpaired) electrons. The third-order valence-corrected chi connectivity index (χ3v) is 2.27. The number of halogens is 2. The number of aliphatic hydroxyl groups is 1. The summed E-state index contributed by atoms with van der Waals surface area (Å²) in [5, 5.41) is 10.1. The normalized spacial score (nSPS) is 12.6. The highest BCUT2D eigenvalue weighted by Gasteiger charge is 2.09. The minimum Gasteiger partial charge on any atom is -0.488 e. The Morgan fingerprint density at radius 2 is 1.93 bits per heavy atom. The Morgan fingerprint density at radius 3 is 2.43 bits per heavy atom. The molecule has 1 atom stereocenters. The predicted octanol–water partition coefficient (Wildman–Crippen LogP) is 0.975. The van der Waals surface area contributed by atoms with Gasteiger partial charge in [-0.1, -0.05) is 29.3 Å². The highest BCUT2D eigenvalue weighted by molar-refractivity contribution is 6.37. The standard InChI is InChI=1S/C9H11Cl2NO2/c10-7-2-1-3-8(11)9(7)14-5-6(13)4-12/h1-3,6,13H,4-5,12H2/p+1/t6-/m1/s1. The van der Waals surface area contributed by atoms with E-state index in [1.807, 2.05) is 0 Å². The summed E-state index contributed by atoms with van der Waals surface area (Å²) in [6.07, 6.45) is -0.595. The minimum atomic E-state index is -0.595. The van der Waals surface area contributed by atoms with Gasteiger partial charge in [-0.3, -0.25) is 0 Å². The largest absolute Gasteiger partial charge is 0.488 e. The summed E-state index contributed by atoms with van der Waals surface area (Å²) < 4.78 is 5.27. The summed E-state index contributed by atoms with van der Waals surface area (Å²) in [6, 6.07) is 5.09. The maximum absolute atomic E-state index is 9.23. The lowest BCUT2D eigenvalue weighted by Crippen LogP contribution is -2.56. The lowest BCUT2D eigenvalue weighted by atomic mass is 10.3. The lowest BCUT2D eigenvalue weighted by Gasteiger charge is -2.11. The van der Waals surface area contributed by atoms with E-state index in [4.69, 9.17) is 27.9 Å². The SMILES string of the molecule is [NH3+]C[C@@H](O)COc1c(Cl)cccc1Cl. The van der Waals surface area contributed by atoms with E-state index in [1.165, 1.54) is 0 Å². The van der Waals surface area contributed by atoms with Crippen molar-refractivity contribution in [3.63, 3.8) is 0 Å². The van der Waals surface area contributed by atoms with Gasteiger partial charge in [-0.05, 0) is 12.1 Å². The summed E-state index contributed by atoms with van der Waals surface area (Å²) in [6.45, 7) is 0.537. The second kappa shape index (κ2) is 5.41. The second-order valence-corrected chi connectivity index (χ2v) is 3.62. The third kappa shape index (κ3) is 3.03. The van der Waals surface area contributed by atoms with Crippen LogP contribution in [0.25, 0.3) is 0 Å². The molecule has 1 aromatic carbocycles. The first-order valence-electron chi connectivity index (χ1n) is 4.19.